The minimum Gasteiger partial charge on any atom is -0.496 e. The van der Waals surface area contributed by atoms with Crippen molar-refractivity contribution in [3.8, 4) is 5.75 Å². The number of aromatic amines is 2. The van der Waals surface area contributed by atoms with Crippen LogP contribution in [0.3, 0.4) is 0 Å². The van der Waals surface area contributed by atoms with Gasteiger partial charge in [-0.05, 0) is 36.2 Å². The maximum atomic E-state index is 11.4. The van der Waals surface area contributed by atoms with E-state index in [0.717, 1.165) is 16.6 Å². The van der Waals surface area contributed by atoms with Crippen LogP contribution < -0.4 is 10.4 Å². The summed E-state index contributed by atoms with van der Waals surface area (Å²) >= 11 is 0. The van der Waals surface area contributed by atoms with Gasteiger partial charge in [-0.15, -0.1) is 0 Å². The van der Waals surface area contributed by atoms with Gasteiger partial charge in [0.2, 0.25) is 0 Å². The van der Waals surface area contributed by atoms with Gasteiger partial charge in [-0.2, -0.15) is 0 Å². The Morgan fingerprint density at radius 1 is 1.10 bits per heavy atom. The van der Waals surface area contributed by atoms with E-state index in [1.54, 1.807) is 13.2 Å². The number of hydrogen-bond acceptors (Lipinski definition) is 3. The van der Waals surface area contributed by atoms with Crippen LogP contribution in [0.25, 0.3) is 11.0 Å². The number of H-pyrrole nitrogens is 2. The first-order valence-electron chi connectivity index (χ1n) is 6.63. The molecule has 2 aromatic carbocycles. The average molecular weight is 284 g/mol. The molecule has 0 spiro atoms. The zero-order chi connectivity index (χ0) is 15.0. The molecule has 0 bridgehead atoms. The molecule has 0 radical (unpaired) electrons. The van der Waals surface area contributed by atoms with Crippen LogP contribution in [-0.4, -0.2) is 22.2 Å². The van der Waals surface area contributed by atoms with Crippen LogP contribution in [0, 0.1) is 6.92 Å². The molecule has 1 unspecified atom stereocenters. The topological polar surface area (TPSA) is 78.1 Å². The Balaban J connectivity index is 2.14. The van der Waals surface area contributed by atoms with Crippen LogP contribution in [0.1, 0.15) is 22.8 Å². The Bertz CT molecular complexity index is 848. The summed E-state index contributed by atoms with van der Waals surface area (Å²) in [7, 11) is 1.57. The maximum absolute atomic E-state index is 11.4. The summed E-state index contributed by atoms with van der Waals surface area (Å²) < 4.78 is 5.30. The smallest absolute Gasteiger partial charge is 0.323 e. The number of aliphatic hydroxyl groups is 1. The molecule has 0 saturated carbocycles. The van der Waals surface area contributed by atoms with E-state index in [-0.39, 0.29) is 5.69 Å². The molecule has 5 nitrogen and oxygen atoms in total. The molecule has 3 aromatic rings. The fourth-order valence-electron chi connectivity index (χ4n) is 2.56. The van der Waals surface area contributed by atoms with E-state index in [0.29, 0.717) is 16.8 Å². The molecule has 0 aliphatic carbocycles. The van der Waals surface area contributed by atoms with Crippen molar-refractivity contribution in [2.24, 2.45) is 0 Å². The van der Waals surface area contributed by atoms with E-state index in [2.05, 4.69) is 9.97 Å². The van der Waals surface area contributed by atoms with Gasteiger partial charge in [0.25, 0.3) is 0 Å². The van der Waals surface area contributed by atoms with Gasteiger partial charge in [-0.1, -0.05) is 18.2 Å². The van der Waals surface area contributed by atoms with Crippen LogP contribution in [0.5, 0.6) is 5.75 Å². The normalized spacial score (nSPS) is 12.5. The van der Waals surface area contributed by atoms with Crippen molar-refractivity contribution in [1.29, 1.82) is 0 Å². The molecular weight excluding hydrogens is 268 g/mol. The molecule has 0 fully saturated rings. The number of aryl methyl sites for hydroxylation is 1. The largest absolute Gasteiger partial charge is 0.496 e. The summed E-state index contributed by atoms with van der Waals surface area (Å²) in [6, 6.07) is 11.0. The number of para-hydroxylation sites is 1. The van der Waals surface area contributed by atoms with Gasteiger partial charge >= 0.3 is 5.69 Å². The van der Waals surface area contributed by atoms with E-state index >= 15 is 0 Å². The molecule has 1 aromatic heterocycles. The third-order valence-electron chi connectivity index (χ3n) is 3.63. The summed E-state index contributed by atoms with van der Waals surface area (Å²) in [5.74, 6) is 0.632. The SMILES string of the molecule is COc1ccccc1C(O)c1cc2[nH]c(=O)[nH]c2cc1C. The van der Waals surface area contributed by atoms with Crippen LogP contribution in [0.4, 0.5) is 0 Å². The van der Waals surface area contributed by atoms with Crippen molar-refractivity contribution >= 4 is 11.0 Å². The number of rotatable bonds is 3. The predicted octanol–water partition coefficient (Wildman–Crippen LogP) is 2.25. The summed E-state index contributed by atoms with van der Waals surface area (Å²) in [5, 5.41) is 10.7. The van der Waals surface area contributed by atoms with E-state index in [1.807, 2.05) is 37.3 Å². The molecule has 0 aliphatic rings. The highest BCUT2D eigenvalue weighted by Gasteiger charge is 2.18. The fraction of sp³-hybridized carbons (Fsp3) is 0.188. The van der Waals surface area contributed by atoms with Gasteiger partial charge in [0.05, 0.1) is 18.1 Å². The first-order chi connectivity index (χ1) is 10.1. The summed E-state index contributed by atoms with van der Waals surface area (Å²) in [6.07, 6.45) is -0.816. The van der Waals surface area contributed by atoms with Crippen molar-refractivity contribution in [1.82, 2.24) is 9.97 Å². The second-order valence-electron chi connectivity index (χ2n) is 4.98. The standard InChI is InChI=1S/C16H16N2O3/c1-9-7-12-13(18-16(20)17-12)8-11(9)15(19)10-5-3-4-6-14(10)21-2/h3-8,15,19H,1-2H3,(H2,17,18,20). The van der Waals surface area contributed by atoms with Crippen LogP contribution in [-0.2, 0) is 0 Å². The number of nitrogens with one attached hydrogen (secondary N) is 2. The van der Waals surface area contributed by atoms with Crippen LogP contribution in [0.2, 0.25) is 0 Å². The van der Waals surface area contributed by atoms with Crippen LogP contribution in [0.15, 0.2) is 41.2 Å². The third kappa shape index (κ3) is 2.32. The predicted molar refractivity (Wildman–Crippen MR) is 80.7 cm³/mol. The Morgan fingerprint density at radius 2 is 1.76 bits per heavy atom. The molecule has 1 heterocycles. The quantitative estimate of drug-likeness (QED) is 0.690. The van der Waals surface area contributed by atoms with Gasteiger partial charge in [0.15, 0.2) is 0 Å². The molecule has 108 valence electrons. The summed E-state index contributed by atoms with van der Waals surface area (Å²) in [4.78, 5) is 16.8. The lowest BCUT2D eigenvalue weighted by atomic mass is 9.96. The number of imidazole rings is 1. The number of fused-ring (bicyclic) bond motifs is 1. The minimum absolute atomic E-state index is 0.256. The Labute approximate surface area is 121 Å². The van der Waals surface area contributed by atoms with Gasteiger partial charge in [0.1, 0.15) is 11.9 Å². The molecule has 0 saturated heterocycles. The number of aliphatic hydroxyl groups excluding tert-OH is 1. The average Bonchev–Trinajstić information content (AvgIpc) is 2.84. The molecule has 3 rings (SSSR count). The molecule has 0 amide bonds. The van der Waals surface area contributed by atoms with Gasteiger partial charge in [0, 0.05) is 5.56 Å². The Morgan fingerprint density at radius 3 is 2.48 bits per heavy atom. The van der Waals surface area contributed by atoms with E-state index < -0.39 is 6.10 Å². The maximum Gasteiger partial charge on any atom is 0.323 e. The van der Waals surface area contributed by atoms with E-state index in [9.17, 15) is 9.90 Å². The zero-order valence-electron chi connectivity index (χ0n) is 11.8. The van der Waals surface area contributed by atoms with Crippen molar-refractivity contribution < 1.29 is 9.84 Å². The number of ether oxygens (including phenoxy) is 1. The lowest BCUT2D eigenvalue weighted by Gasteiger charge is -2.17. The molecule has 5 heteroatoms. The van der Waals surface area contributed by atoms with Crippen molar-refractivity contribution in [3.63, 3.8) is 0 Å². The molecular formula is C16H16N2O3. The monoisotopic (exact) mass is 284 g/mol. The molecule has 21 heavy (non-hydrogen) atoms. The Hall–Kier alpha value is -2.53. The molecule has 3 N–H and O–H groups in total. The minimum atomic E-state index is -0.816. The third-order valence-corrected chi connectivity index (χ3v) is 3.63. The number of methoxy groups -OCH3 is 1. The fourth-order valence-corrected chi connectivity index (χ4v) is 2.56. The first kappa shape index (κ1) is 13.5. The van der Waals surface area contributed by atoms with E-state index in [1.165, 1.54) is 0 Å². The first-order valence-corrected chi connectivity index (χ1v) is 6.63. The highest BCUT2D eigenvalue weighted by molar-refractivity contribution is 5.76. The van der Waals surface area contributed by atoms with Gasteiger partial charge in [-0.25, -0.2) is 4.79 Å². The zero-order valence-corrected chi connectivity index (χ0v) is 11.8. The summed E-state index contributed by atoms with van der Waals surface area (Å²) in [6.45, 7) is 1.90. The molecule has 0 aliphatic heterocycles. The van der Waals surface area contributed by atoms with Crippen molar-refractivity contribution in [2.75, 3.05) is 7.11 Å². The Kier molecular flexibility index (Phi) is 3.27. The molecule has 1 atom stereocenters. The van der Waals surface area contributed by atoms with E-state index in [4.69, 9.17) is 4.74 Å². The van der Waals surface area contributed by atoms with Crippen LogP contribution >= 0.6 is 0 Å². The van der Waals surface area contributed by atoms with Gasteiger partial charge in [-0.3, -0.25) is 0 Å². The second kappa shape index (κ2) is 5.10. The van der Waals surface area contributed by atoms with Crippen molar-refractivity contribution in [3.05, 3.63) is 63.6 Å². The second-order valence-corrected chi connectivity index (χ2v) is 4.98. The van der Waals surface area contributed by atoms with Gasteiger partial charge < -0.3 is 19.8 Å². The number of aromatic nitrogens is 2. The number of hydrogen-bond donors (Lipinski definition) is 3. The number of benzene rings is 2. The lowest BCUT2D eigenvalue weighted by molar-refractivity contribution is 0.214. The lowest BCUT2D eigenvalue weighted by Crippen LogP contribution is -2.04. The summed E-state index contributed by atoms with van der Waals surface area (Å²) in [5.41, 5.74) is 3.48. The highest BCUT2D eigenvalue weighted by Crippen LogP contribution is 2.32. The van der Waals surface area contributed by atoms with Crippen molar-refractivity contribution in [2.45, 2.75) is 13.0 Å². The highest BCUT2D eigenvalue weighted by atomic mass is 16.5.